The van der Waals surface area contributed by atoms with Crippen LogP contribution in [0, 0.1) is 17.1 Å². The first-order chi connectivity index (χ1) is 15.6. The van der Waals surface area contributed by atoms with E-state index in [4.69, 9.17) is 5.26 Å². The van der Waals surface area contributed by atoms with Gasteiger partial charge in [-0.1, -0.05) is 0 Å². The number of fused-ring (bicyclic) bond motifs is 1. The molecule has 0 saturated carbocycles. The van der Waals surface area contributed by atoms with Crippen molar-refractivity contribution < 1.29 is 4.39 Å². The lowest BCUT2D eigenvalue weighted by Gasteiger charge is -2.31. The third-order valence-electron chi connectivity index (χ3n) is 6.59. The molecule has 1 saturated heterocycles. The van der Waals surface area contributed by atoms with E-state index in [1.165, 1.54) is 23.1 Å². The topological polar surface area (TPSA) is 49.8 Å². The second kappa shape index (κ2) is 8.60. The Hall–Kier alpha value is -3.43. The number of hydrogen-bond acceptors (Lipinski definition) is 3. The number of hydrogen-bond donors (Lipinski definition) is 0. The zero-order valence-corrected chi connectivity index (χ0v) is 18.2. The average molecular weight is 428 g/mol. The number of aromatic nitrogens is 3. The van der Waals surface area contributed by atoms with Crippen LogP contribution in [0.3, 0.4) is 0 Å². The molecule has 0 aliphatic carbocycles. The summed E-state index contributed by atoms with van der Waals surface area (Å²) in [6, 6.07) is 15.4. The summed E-state index contributed by atoms with van der Waals surface area (Å²) in [7, 11) is 2.01. The van der Waals surface area contributed by atoms with E-state index in [-0.39, 0.29) is 5.82 Å². The average Bonchev–Trinajstić information content (AvgIpc) is 3.42. The number of aryl methyl sites for hydroxylation is 1. The fraction of sp³-hybridized carbons (Fsp3) is 0.308. The van der Waals surface area contributed by atoms with Crippen molar-refractivity contribution in [3.63, 3.8) is 0 Å². The molecule has 6 heteroatoms. The van der Waals surface area contributed by atoms with Crippen LogP contribution in [0.4, 0.5) is 4.39 Å². The number of nitrogens with zero attached hydrogens (tertiary/aromatic N) is 5. The van der Waals surface area contributed by atoms with E-state index in [9.17, 15) is 4.39 Å². The maximum absolute atomic E-state index is 13.5. The fourth-order valence-corrected chi connectivity index (χ4v) is 4.85. The normalized spacial score (nSPS) is 15.3. The van der Waals surface area contributed by atoms with E-state index >= 15 is 0 Å². The molecule has 0 atom stereocenters. The predicted molar refractivity (Wildman–Crippen MR) is 124 cm³/mol. The van der Waals surface area contributed by atoms with Gasteiger partial charge in [-0.05, 0) is 79.9 Å². The van der Waals surface area contributed by atoms with Gasteiger partial charge >= 0.3 is 0 Å². The summed E-state index contributed by atoms with van der Waals surface area (Å²) >= 11 is 0. The number of imidazole rings is 1. The molecule has 0 amide bonds. The summed E-state index contributed by atoms with van der Waals surface area (Å²) in [5.74, 6) is 1.17. The molecule has 0 N–H and O–H groups in total. The number of halogens is 1. The van der Waals surface area contributed by atoms with Gasteiger partial charge in [0.2, 0.25) is 0 Å². The zero-order valence-electron chi connectivity index (χ0n) is 18.2. The van der Waals surface area contributed by atoms with Crippen LogP contribution >= 0.6 is 0 Å². The van der Waals surface area contributed by atoms with E-state index in [2.05, 4.69) is 44.9 Å². The number of piperidine rings is 1. The standard InChI is InChI=1S/C26H26FN5/c1-30-16-12-29-26(30)20-3-8-25-23(17-20)24(18-32(25)22-6-4-21(27)5-7-22)19-9-14-31(15-10-19)13-2-11-28/h3-8,12,16-19H,2,9-10,13-15H2,1H3. The molecule has 1 fully saturated rings. The van der Waals surface area contributed by atoms with Crippen molar-refractivity contribution in [1.29, 1.82) is 5.26 Å². The van der Waals surface area contributed by atoms with Crippen LogP contribution in [0.25, 0.3) is 28.0 Å². The lowest BCUT2D eigenvalue weighted by molar-refractivity contribution is 0.217. The zero-order chi connectivity index (χ0) is 22.1. The Morgan fingerprint density at radius 1 is 1.12 bits per heavy atom. The maximum atomic E-state index is 13.5. The molecule has 5 rings (SSSR count). The minimum Gasteiger partial charge on any atom is -0.334 e. The quantitative estimate of drug-likeness (QED) is 0.436. The molecule has 0 spiro atoms. The lowest BCUT2D eigenvalue weighted by Crippen LogP contribution is -2.33. The highest BCUT2D eigenvalue weighted by Crippen LogP contribution is 2.37. The van der Waals surface area contributed by atoms with Gasteiger partial charge in [-0.25, -0.2) is 9.37 Å². The molecular weight excluding hydrogens is 401 g/mol. The largest absolute Gasteiger partial charge is 0.334 e. The molecule has 3 heterocycles. The summed E-state index contributed by atoms with van der Waals surface area (Å²) in [5.41, 5.74) is 4.50. The van der Waals surface area contributed by atoms with Gasteiger partial charge in [-0.2, -0.15) is 5.26 Å². The van der Waals surface area contributed by atoms with Gasteiger partial charge in [0.25, 0.3) is 0 Å². The molecule has 162 valence electrons. The molecule has 1 aliphatic rings. The van der Waals surface area contributed by atoms with Crippen molar-refractivity contribution in [2.75, 3.05) is 19.6 Å². The van der Waals surface area contributed by atoms with Gasteiger partial charge in [0.15, 0.2) is 0 Å². The van der Waals surface area contributed by atoms with E-state index in [1.807, 2.05) is 36.1 Å². The van der Waals surface area contributed by atoms with Crippen LogP contribution in [-0.2, 0) is 7.05 Å². The highest BCUT2D eigenvalue weighted by molar-refractivity contribution is 5.89. The molecule has 32 heavy (non-hydrogen) atoms. The lowest BCUT2D eigenvalue weighted by atomic mass is 9.89. The Balaban J connectivity index is 1.57. The van der Waals surface area contributed by atoms with Crippen molar-refractivity contribution in [3.05, 3.63) is 72.4 Å². The third-order valence-corrected chi connectivity index (χ3v) is 6.59. The van der Waals surface area contributed by atoms with Crippen LogP contribution in [0.2, 0.25) is 0 Å². The van der Waals surface area contributed by atoms with Crippen molar-refractivity contribution in [1.82, 2.24) is 19.0 Å². The smallest absolute Gasteiger partial charge is 0.139 e. The fourth-order valence-electron chi connectivity index (χ4n) is 4.85. The van der Waals surface area contributed by atoms with Gasteiger partial charge in [0, 0.05) is 55.2 Å². The third kappa shape index (κ3) is 3.80. The van der Waals surface area contributed by atoms with E-state index in [0.717, 1.165) is 55.1 Å². The molecule has 5 nitrogen and oxygen atoms in total. The summed E-state index contributed by atoms with van der Waals surface area (Å²) in [6.07, 6.45) is 8.74. The Bertz CT molecular complexity index is 1270. The Morgan fingerprint density at radius 3 is 2.59 bits per heavy atom. The van der Waals surface area contributed by atoms with E-state index < -0.39 is 0 Å². The Labute approximate surface area is 187 Å². The molecule has 4 aromatic rings. The Kier molecular flexibility index (Phi) is 5.50. The van der Waals surface area contributed by atoms with Crippen LogP contribution in [0.15, 0.2) is 61.1 Å². The second-order valence-corrected chi connectivity index (χ2v) is 8.55. The van der Waals surface area contributed by atoms with Crippen LogP contribution in [-0.4, -0.2) is 38.7 Å². The first-order valence-corrected chi connectivity index (χ1v) is 11.1. The number of nitriles is 1. The van der Waals surface area contributed by atoms with Crippen LogP contribution in [0.5, 0.6) is 0 Å². The molecule has 2 aromatic heterocycles. The minimum atomic E-state index is -0.229. The molecule has 0 bridgehead atoms. The van der Waals surface area contributed by atoms with Crippen molar-refractivity contribution in [2.45, 2.75) is 25.2 Å². The Morgan fingerprint density at radius 2 is 1.91 bits per heavy atom. The summed E-state index contributed by atoms with van der Waals surface area (Å²) in [6.45, 7) is 2.87. The van der Waals surface area contributed by atoms with Gasteiger partial charge < -0.3 is 14.0 Å². The summed E-state index contributed by atoms with van der Waals surface area (Å²) in [5, 5.41) is 10.1. The van der Waals surface area contributed by atoms with E-state index in [1.54, 1.807) is 0 Å². The van der Waals surface area contributed by atoms with Crippen LogP contribution < -0.4 is 0 Å². The van der Waals surface area contributed by atoms with Crippen molar-refractivity contribution in [2.24, 2.45) is 7.05 Å². The first kappa shape index (κ1) is 20.5. The number of likely N-dealkylation sites (tertiary alicyclic amines) is 1. The molecule has 0 unspecified atom stereocenters. The summed E-state index contributed by atoms with van der Waals surface area (Å²) < 4.78 is 17.8. The van der Waals surface area contributed by atoms with Crippen molar-refractivity contribution >= 4 is 10.9 Å². The van der Waals surface area contributed by atoms with Gasteiger partial charge in [0.05, 0.1) is 11.6 Å². The second-order valence-electron chi connectivity index (χ2n) is 8.55. The molecule has 1 aliphatic heterocycles. The minimum absolute atomic E-state index is 0.229. The highest BCUT2D eigenvalue weighted by Gasteiger charge is 2.24. The van der Waals surface area contributed by atoms with Crippen LogP contribution in [0.1, 0.15) is 30.7 Å². The SMILES string of the molecule is Cn1ccnc1-c1ccc2c(c1)c(C1CCN(CCC#N)CC1)cn2-c1ccc(F)cc1. The summed E-state index contributed by atoms with van der Waals surface area (Å²) in [4.78, 5) is 6.92. The number of benzene rings is 2. The van der Waals surface area contributed by atoms with Gasteiger partial charge in [-0.3, -0.25) is 0 Å². The first-order valence-electron chi connectivity index (χ1n) is 11.1. The molecule has 2 aromatic carbocycles. The number of rotatable bonds is 5. The van der Waals surface area contributed by atoms with Gasteiger partial charge in [0.1, 0.15) is 11.6 Å². The van der Waals surface area contributed by atoms with Crippen molar-refractivity contribution in [3.8, 4) is 23.1 Å². The predicted octanol–water partition coefficient (Wildman–Crippen LogP) is 5.26. The monoisotopic (exact) mass is 427 g/mol. The molecular formula is C26H26FN5. The van der Waals surface area contributed by atoms with E-state index in [0.29, 0.717) is 12.3 Å². The maximum Gasteiger partial charge on any atom is 0.139 e. The molecule has 0 radical (unpaired) electrons. The highest BCUT2D eigenvalue weighted by atomic mass is 19.1. The van der Waals surface area contributed by atoms with Gasteiger partial charge in [-0.15, -0.1) is 0 Å².